The molecule has 1 fully saturated rings. The summed E-state index contributed by atoms with van der Waals surface area (Å²) in [5.74, 6) is -0.428. The molecule has 0 heterocycles. The van der Waals surface area contributed by atoms with Gasteiger partial charge in [-0.15, -0.1) is 0 Å². The normalized spacial score (nSPS) is 15.3. The van der Waals surface area contributed by atoms with Gasteiger partial charge in [-0.2, -0.15) is 4.31 Å². The van der Waals surface area contributed by atoms with Gasteiger partial charge in [0.05, 0.1) is 11.4 Å². The molecular weight excluding hydrogens is 280 g/mol. The molecule has 6 nitrogen and oxygen atoms in total. The number of nitrogens with zero attached hydrogens (tertiary/aromatic N) is 1. The second-order valence-corrected chi connectivity index (χ2v) is 7.03. The molecule has 2 N–H and O–H groups in total. The molecule has 0 aromatic heterocycles. The molecule has 110 valence electrons. The summed E-state index contributed by atoms with van der Waals surface area (Å²) >= 11 is 0. The van der Waals surface area contributed by atoms with Crippen molar-refractivity contribution < 1.29 is 18.4 Å². The van der Waals surface area contributed by atoms with Gasteiger partial charge >= 0.3 is 0 Å². The summed E-state index contributed by atoms with van der Waals surface area (Å²) in [5, 5.41) is 8.59. The first-order valence-corrected chi connectivity index (χ1v) is 7.87. The highest BCUT2D eigenvalue weighted by molar-refractivity contribution is 7.89. The van der Waals surface area contributed by atoms with E-state index in [2.05, 4.69) is 0 Å². The SMILES string of the molecule is Cc1ccc(S(=O)(=O)N(CC(=O)NO)CC2CC2)cc1. The zero-order chi connectivity index (χ0) is 14.8. The Kier molecular flexibility index (Phi) is 4.42. The van der Waals surface area contributed by atoms with E-state index in [1.54, 1.807) is 12.1 Å². The van der Waals surface area contributed by atoms with Crippen molar-refractivity contribution in [3.63, 3.8) is 0 Å². The lowest BCUT2D eigenvalue weighted by Gasteiger charge is -2.21. The van der Waals surface area contributed by atoms with Gasteiger partial charge in [0, 0.05) is 6.54 Å². The van der Waals surface area contributed by atoms with Crippen LogP contribution in [0.1, 0.15) is 18.4 Å². The highest BCUT2D eigenvalue weighted by atomic mass is 32.2. The molecule has 0 saturated heterocycles. The summed E-state index contributed by atoms with van der Waals surface area (Å²) in [4.78, 5) is 11.5. The quantitative estimate of drug-likeness (QED) is 0.603. The molecule has 1 saturated carbocycles. The lowest BCUT2D eigenvalue weighted by atomic mass is 10.2. The van der Waals surface area contributed by atoms with Crippen LogP contribution in [0.15, 0.2) is 29.2 Å². The summed E-state index contributed by atoms with van der Waals surface area (Å²) in [5.41, 5.74) is 2.44. The minimum absolute atomic E-state index is 0.162. The van der Waals surface area contributed by atoms with Gasteiger partial charge in [0.15, 0.2) is 0 Å². The third-order valence-corrected chi connectivity index (χ3v) is 5.09. The van der Waals surface area contributed by atoms with Crippen molar-refractivity contribution in [3.8, 4) is 0 Å². The van der Waals surface area contributed by atoms with Gasteiger partial charge in [0.25, 0.3) is 5.91 Å². The molecule has 1 aromatic rings. The first kappa shape index (κ1) is 15.0. The average Bonchev–Trinajstić information content (AvgIpc) is 3.22. The summed E-state index contributed by atoms with van der Waals surface area (Å²) < 4.78 is 26.2. The van der Waals surface area contributed by atoms with E-state index in [4.69, 9.17) is 5.21 Å². The van der Waals surface area contributed by atoms with Crippen molar-refractivity contribution in [2.45, 2.75) is 24.7 Å². The second kappa shape index (κ2) is 5.90. The standard InChI is InChI=1S/C13H18N2O4S/c1-10-2-6-12(7-3-10)20(18,19)15(8-11-4-5-11)9-13(16)14-17/h2-3,6-7,11,17H,4-5,8-9H2,1H3,(H,14,16). The number of carbonyl (C=O) groups is 1. The fraction of sp³-hybridized carbons (Fsp3) is 0.462. The smallest absolute Gasteiger partial charge is 0.258 e. The van der Waals surface area contributed by atoms with Crippen molar-refractivity contribution in [1.29, 1.82) is 0 Å². The largest absolute Gasteiger partial charge is 0.289 e. The van der Waals surface area contributed by atoms with Crippen molar-refractivity contribution in [1.82, 2.24) is 9.79 Å². The van der Waals surface area contributed by atoms with Crippen LogP contribution in [0.2, 0.25) is 0 Å². The first-order chi connectivity index (χ1) is 9.43. The number of amides is 1. The Hall–Kier alpha value is -1.44. The van der Waals surface area contributed by atoms with Gasteiger partial charge in [-0.3, -0.25) is 10.0 Å². The maximum Gasteiger partial charge on any atom is 0.258 e. The zero-order valence-corrected chi connectivity index (χ0v) is 12.1. The first-order valence-electron chi connectivity index (χ1n) is 6.43. The van der Waals surface area contributed by atoms with E-state index in [0.717, 1.165) is 22.7 Å². The molecule has 20 heavy (non-hydrogen) atoms. The molecular formula is C13H18N2O4S. The van der Waals surface area contributed by atoms with Crippen molar-refractivity contribution >= 4 is 15.9 Å². The van der Waals surface area contributed by atoms with Crippen LogP contribution in [0.5, 0.6) is 0 Å². The zero-order valence-electron chi connectivity index (χ0n) is 11.2. The minimum Gasteiger partial charge on any atom is -0.289 e. The lowest BCUT2D eigenvalue weighted by Crippen LogP contribution is -2.40. The predicted molar refractivity (Wildman–Crippen MR) is 72.6 cm³/mol. The van der Waals surface area contributed by atoms with E-state index in [1.165, 1.54) is 17.6 Å². The number of hydrogen-bond donors (Lipinski definition) is 2. The van der Waals surface area contributed by atoms with Gasteiger partial charge in [-0.05, 0) is 37.8 Å². The predicted octanol–water partition coefficient (Wildman–Crippen LogP) is 0.901. The lowest BCUT2D eigenvalue weighted by molar-refractivity contribution is -0.129. The highest BCUT2D eigenvalue weighted by Crippen LogP contribution is 2.31. The molecule has 1 aromatic carbocycles. The second-order valence-electron chi connectivity index (χ2n) is 5.09. The van der Waals surface area contributed by atoms with Gasteiger partial charge in [-0.1, -0.05) is 17.7 Å². The maximum absolute atomic E-state index is 12.5. The average molecular weight is 298 g/mol. The molecule has 7 heteroatoms. The Morgan fingerprint density at radius 1 is 1.35 bits per heavy atom. The van der Waals surface area contributed by atoms with E-state index >= 15 is 0 Å². The fourth-order valence-corrected chi connectivity index (χ4v) is 3.36. The molecule has 0 atom stereocenters. The molecule has 1 amide bonds. The molecule has 0 radical (unpaired) electrons. The van der Waals surface area contributed by atoms with E-state index in [-0.39, 0.29) is 11.4 Å². The monoisotopic (exact) mass is 298 g/mol. The third-order valence-electron chi connectivity index (χ3n) is 3.26. The molecule has 2 rings (SSSR count). The van der Waals surface area contributed by atoms with Gasteiger partial charge in [0.1, 0.15) is 0 Å². The molecule has 0 unspecified atom stereocenters. The molecule has 0 spiro atoms. The van der Waals surface area contributed by atoms with Gasteiger partial charge < -0.3 is 0 Å². The molecule has 1 aliphatic rings. The summed E-state index contributed by atoms with van der Waals surface area (Å²) in [6, 6.07) is 6.49. The van der Waals surface area contributed by atoms with Crippen molar-refractivity contribution in [2.75, 3.05) is 13.1 Å². The van der Waals surface area contributed by atoms with E-state index in [1.807, 2.05) is 6.92 Å². The van der Waals surface area contributed by atoms with E-state index in [9.17, 15) is 13.2 Å². The number of aryl methyl sites for hydroxylation is 1. The number of hydroxylamine groups is 1. The number of rotatable bonds is 6. The highest BCUT2D eigenvalue weighted by Gasteiger charge is 2.32. The van der Waals surface area contributed by atoms with Crippen LogP contribution in [-0.2, 0) is 14.8 Å². The van der Waals surface area contributed by atoms with Gasteiger partial charge in [-0.25, -0.2) is 13.9 Å². The Morgan fingerprint density at radius 2 is 1.95 bits per heavy atom. The fourth-order valence-electron chi connectivity index (χ4n) is 1.89. The van der Waals surface area contributed by atoms with Crippen molar-refractivity contribution in [2.24, 2.45) is 5.92 Å². The van der Waals surface area contributed by atoms with Crippen molar-refractivity contribution in [3.05, 3.63) is 29.8 Å². The Balaban J connectivity index is 2.24. The summed E-state index contributed by atoms with van der Waals surface area (Å²) in [7, 11) is -3.72. The Bertz CT molecular complexity index is 579. The molecule has 0 aliphatic heterocycles. The van der Waals surface area contributed by atoms with Crippen LogP contribution in [-0.4, -0.2) is 36.9 Å². The van der Waals surface area contributed by atoms with E-state index < -0.39 is 15.9 Å². The van der Waals surface area contributed by atoms with Crippen LogP contribution < -0.4 is 5.48 Å². The van der Waals surface area contributed by atoms with Crippen LogP contribution in [0, 0.1) is 12.8 Å². The Morgan fingerprint density at radius 3 is 2.45 bits per heavy atom. The van der Waals surface area contributed by atoms with E-state index in [0.29, 0.717) is 12.5 Å². The number of nitrogens with one attached hydrogen (secondary N) is 1. The van der Waals surface area contributed by atoms with Crippen LogP contribution >= 0.6 is 0 Å². The maximum atomic E-state index is 12.5. The summed E-state index contributed by atoms with van der Waals surface area (Å²) in [6.45, 7) is 1.81. The number of carbonyl (C=O) groups excluding carboxylic acids is 1. The topological polar surface area (TPSA) is 86.7 Å². The van der Waals surface area contributed by atoms with Gasteiger partial charge in [0.2, 0.25) is 10.0 Å². The number of sulfonamides is 1. The third kappa shape index (κ3) is 3.56. The number of benzene rings is 1. The minimum atomic E-state index is -3.72. The van der Waals surface area contributed by atoms with Crippen LogP contribution in [0.3, 0.4) is 0 Å². The molecule has 1 aliphatic carbocycles. The Labute approximate surface area is 118 Å². The summed E-state index contributed by atoms with van der Waals surface area (Å²) in [6.07, 6.45) is 1.95. The van der Waals surface area contributed by atoms with Crippen LogP contribution in [0.25, 0.3) is 0 Å². The number of hydrogen-bond acceptors (Lipinski definition) is 4. The van der Waals surface area contributed by atoms with Crippen LogP contribution in [0.4, 0.5) is 0 Å². The molecule has 0 bridgehead atoms.